The van der Waals surface area contributed by atoms with Crippen LogP contribution in [0.5, 0.6) is 0 Å². The third kappa shape index (κ3) is 3.73. The second kappa shape index (κ2) is 6.45. The number of nitrogens with zero attached hydrogens (tertiary/aromatic N) is 1. The first-order chi connectivity index (χ1) is 10.7. The number of hydrogen-bond acceptors (Lipinski definition) is 3. The number of hydrogen-bond donors (Lipinski definition) is 0. The van der Waals surface area contributed by atoms with E-state index in [9.17, 15) is 22.0 Å². The van der Waals surface area contributed by atoms with Gasteiger partial charge in [0.25, 0.3) is 5.91 Å². The maximum absolute atomic E-state index is 13.3. The van der Waals surface area contributed by atoms with Crippen LogP contribution < -0.4 is 4.90 Å². The molecule has 0 saturated heterocycles. The van der Waals surface area contributed by atoms with E-state index < -0.39 is 27.4 Å². The zero-order valence-electron chi connectivity index (χ0n) is 12.6. The first-order valence-electron chi connectivity index (χ1n) is 6.81. The molecule has 0 heterocycles. The van der Waals surface area contributed by atoms with Gasteiger partial charge in [0.1, 0.15) is 0 Å². The van der Waals surface area contributed by atoms with Gasteiger partial charge in [-0.25, -0.2) is 17.2 Å². The molecule has 7 heteroatoms. The Balaban J connectivity index is 2.34. The van der Waals surface area contributed by atoms with Crippen molar-refractivity contribution in [3.05, 3.63) is 59.7 Å². The molecular weight excluding hydrogens is 324 g/mol. The second-order valence-corrected chi connectivity index (χ2v) is 6.96. The third-order valence-electron chi connectivity index (χ3n) is 3.31. The molecule has 0 N–H and O–H groups in total. The van der Waals surface area contributed by atoms with Crippen LogP contribution in [0, 0.1) is 11.6 Å². The molecule has 0 unspecified atom stereocenters. The number of amides is 1. The molecule has 0 atom stereocenters. The molecular formula is C16H15F2NO3S. The molecule has 1 amide bonds. The molecule has 2 rings (SSSR count). The highest BCUT2D eigenvalue weighted by Gasteiger charge is 2.18. The van der Waals surface area contributed by atoms with Gasteiger partial charge in [0.2, 0.25) is 0 Å². The van der Waals surface area contributed by atoms with Crippen LogP contribution >= 0.6 is 0 Å². The Hall–Kier alpha value is -2.28. The van der Waals surface area contributed by atoms with E-state index in [4.69, 9.17) is 0 Å². The van der Waals surface area contributed by atoms with Gasteiger partial charge in [-0.05, 0) is 43.3 Å². The highest BCUT2D eigenvalue weighted by molar-refractivity contribution is 7.90. The number of halogens is 2. The largest absolute Gasteiger partial charge is 0.309 e. The molecule has 0 bridgehead atoms. The number of carbonyl (C=O) groups is 1. The highest BCUT2D eigenvalue weighted by atomic mass is 32.2. The van der Waals surface area contributed by atoms with E-state index in [1.807, 2.05) is 0 Å². The lowest BCUT2D eigenvalue weighted by molar-refractivity contribution is 0.0988. The van der Waals surface area contributed by atoms with Gasteiger partial charge < -0.3 is 4.90 Å². The fraction of sp³-hybridized carbons (Fsp3) is 0.188. The molecule has 122 valence electrons. The van der Waals surface area contributed by atoms with Crippen molar-refractivity contribution in [1.29, 1.82) is 0 Å². The smallest absolute Gasteiger partial charge is 0.258 e. The van der Waals surface area contributed by atoms with Crippen LogP contribution in [0.1, 0.15) is 17.3 Å². The quantitative estimate of drug-likeness (QED) is 0.860. The van der Waals surface area contributed by atoms with Crippen LogP contribution in [0.25, 0.3) is 0 Å². The maximum atomic E-state index is 13.3. The monoisotopic (exact) mass is 339 g/mol. The topological polar surface area (TPSA) is 54.5 Å². The number of carbonyl (C=O) groups excluding carboxylic acids is 1. The van der Waals surface area contributed by atoms with E-state index >= 15 is 0 Å². The Kier molecular flexibility index (Phi) is 4.79. The minimum absolute atomic E-state index is 0.102. The number of benzene rings is 2. The molecule has 2 aromatic carbocycles. The van der Waals surface area contributed by atoms with Gasteiger partial charge in [-0.3, -0.25) is 4.79 Å². The fourth-order valence-electron chi connectivity index (χ4n) is 2.10. The molecule has 0 fully saturated rings. The zero-order chi connectivity index (χ0) is 17.2. The van der Waals surface area contributed by atoms with E-state index in [0.717, 1.165) is 18.4 Å². The summed E-state index contributed by atoms with van der Waals surface area (Å²) < 4.78 is 49.2. The van der Waals surface area contributed by atoms with Crippen LogP contribution in [0.2, 0.25) is 0 Å². The summed E-state index contributed by atoms with van der Waals surface area (Å²) in [4.78, 5) is 13.9. The fourth-order valence-corrected chi connectivity index (χ4v) is 2.73. The van der Waals surface area contributed by atoms with Crippen molar-refractivity contribution in [1.82, 2.24) is 0 Å². The van der Waals surface area contributed by atoms with Crippen molar-refractivity contribution in [2.75, 3.05) is 17.7 Å². The highest BCUT2D eigenvalue weighted by Crippen LogP contribution is 2.21. The van der Waals surface area contributed by atoms with E-state index in [2.05, 4.69) is 0 Å². The van der Waals surface area contributed by atoms with Crippen LogP contribution in [0.15, 0.2) is 47.4 Å². The van der Waals surface area contributed by atoms with Crippen LogP contribution in [-0.2, 0) is 9.84 Å². The summed E-state index contributed by atoms with van der Waals surface area (Å²) in [6, 6.07) is 8.66. The predicted molar refractivity (Wildman–Crippen MR) is 83.3 cm³/mol. The van der Waals surface area contributed by atoms with Gasteiger partial charge in [-0.15, -0.1) is 0 Å². The summed E-state index contributed by atoms with van der Waals surface area (Å²) in [6.45, 7) is 1.95. The maximum Gasteiger partial charge on any atom is 0.258 e. The van der Waals surface area contributed by atoms with Crippen molar-refractivity contribution >= 4 is 21.4 Å². The predicted octanol–water partition coefficient (Wildman–Crippen LogP) is 3.04. The van der Waals surface area contributed by atoms with Gasteiger partial charge in [0.15, 0.2) is 21.5 Å². The van der Waals surface area contributed by atoms with Gasteiger partial charge >= 0.3 is 0 Å². The average molecular weight is 339 g/mol. The molecule has 0 saturated carbocycles. The van der Waals surface area contributed by atoms with E-state index in [-0.39, 0.29) is 22.7 Å². The molecule has 0 aliphatic heterocycles. The average Bonchev–Trinajstić information content (AvgIpc) is 2.50. The lowest BCUT2D eigenvalue weighted by Gasteiger charge is -2.21. The van der Waals surface area contributed by atoms with Crippen LogP contribution in [0.3, 0.4) is 0 Å². The SMILES string of the molecule is CCN(C(=O)c1ccc(S(C)(=O)=O)cc1)c1ccc(F)c(F)c1. The zero-order valence-corrected chi connectivity index (χ0v) is 13.4. The molecule has 23 heavy (non-hydrogen) atoms. The molecule has 0 aromatic heterocycles. The third-order valence-corrected chi connectivity index (χ3v) is 4.43. The summed E-state index contributed by atoms with van der Waals surface area (Å²) in [6.07, 6.45) is 1.07. The number of rotatable bonds is 4. The Labute approximate surface area is 133 Å². The summed E-state index contributed by atoms with van der Waals surface area (Å²) >= 11 is 0. The molecule has 2 aromatic rings. The molecule has 4 nitrogen and oxygen atoms in total. The Bertz CT molecular complexity index is 833. The van der Waals surface area contributed by atoms with Crippen LogP contribution in [0.4, 0.5) is 14.5 Å². The van der Waals surface area contributed by atoms with Crippen molar-refractivity contribution in [3.63, 3.8) is 0 Å². The molecule has 0 spiro atoms. The van der Waals surface area contributed by atoms with Crippen molar-refractivity contribution < 1.29 is 22.0 Å². The Morgan fingerprint density at radius 1 is 1.04 bits per heavy atom. The molecule has 0 aliphatic carbocycles. The minimum atomic E-state index is -3.35. The van der Waals surface area contributed by atoms with E-state index in [1.54, 1.807) is 6.92 Å². The first-order valence-corrected chi connectivity index (χ1v) is 8.70. The van der Waals surface area contributed by atoms with Crippen molar-refractivity contribution in [2.24, 2.45) is 0 Å². The van der Waals surface area contributed by atoms with Crippen LogP contribution in [-0.4, -0.2) is 27.1 Å². The first kappa shape index (κ1) is 17.1. The molecule has 0 aliphatic rings. The van der Waals surface area contributed by atoms with Gasteiger partial charge in [-0.1, -0.05) is 0 Å². The van der Waals surface area contributed by atoms with E-state index in [1.165, 1.54) is 35.2 Å². The van der Waals surface area contributed by atoms with Gasteiger partial charge in [0, 0.05) is 30.1 Å². The van der Waals surface area contributed by atoms with E-state index in [0.29, 0.717) is 0 Å². The van der Waals surface area contributed by atoms with Gasteiger partial charge in [-0.2, -0.15) is 0 Å². The summed E-state index contributed by atoms with van der Waals surface area (Å²) in [7, 11) is -3.35. The molecule has 0 radical (unpaired) electrons. The summed E-state index contributed by atoms with van der Waals surface area (Å²) in [5, 5.41) is 0. The Morgan fingerprint density at radius 2 is 1.65 bits per heavy atom. The standard InChI is InChI=1S/C16H15F2NO3S/c1-3-19(12-6-9-14(17)15(18)10-12)16(20)11-4-7-13(8-5-11)23(2,21)22/h4-10H,3H2,1-2H3. The second-order valence-electron chi connectivity index (χ2n) is 4.94. The van der Waals surface area contributed by atoms with Gasteiger partial charge in [0.05, 0.1) is 4.90 Å². The van der Waals surface area contributed by atoms with Crippen molar-refractivity contribution in [2.45, 2.75) is 11.8 Å². The normalized spacial score (nSPS) is 11.3. The Morgan fingerprint density at radius 3 is 2.13 bits per heavy atom. The van der Waals surface area contributed by atoms with Crippen molar-refractivity contribution in [3.8, 4) is 0 Å². The number of anilines is 1. The number of sulfone groups is 1. The minimum Gasteiger partial charge on any atom is -0.309 e. The lowest BCUT2D eigenvalue weighted by Crippen LogP contribution is -2.30. The summed E-state index contributed by atoms with van der Waals surface area (Å²) in [5.74, 6) is -2.46. The summed E-state index contributed by atoms with van der Waals surface area (Å²) in [5.41, 5.74) is 0.479. The lowest BCUT2D eigenvalue weighted by atomic mass is 10.1.